The minimum Gasteiger partial charge on any atom is -0.396 e. The summed E-state index contributed by atoms with van der Waals surface area (Å²) >= 11 is 0. The summed E-state index contributed by atoms with van der Waals surface area (Å²) in [5.41, 5.74) is 14.5. The zero-order valence-electron chi connectivity index (χ0n) is 20.8. The molecule has 8 heteroatoms. The van der Waals surface area contributed by atoms with Gasteiger partial charge in [-0.1, -0.05) is 84.9 Å². The van der Waals surface area contributed by atoms with E-state index in [4.69, 9.17) is 16.6 Å². The molecule has 0 saturated carbocycles. The predicted octanol–water partition coefficient (Wildman–Crippen LogP) is 2.21. The summed E-state index contributed by atoms with van der Waals surface area (Å²) in [5, 5.41) is 15.0. The molecule has 3 aromatic rings. The number of benzene rings is 3. The first kappa shape index (κ1) is 27.6. The Kier molecular flexibility index (Phi) is 10.8. The van der Waals surface area contributed by atoms with Gasteiger partial charge in [-0.15, -0.1) is 0 Å². The number of hydrogen-bond donors (Lipinski definition) is 5. The van der Waals surface area contributed by atoms with E-state index in [0.717, 1.165) is 22.3 Å². The summed E-state index contributed by atoms with van der Waals surface area (Å²) in [6.45, 7) is 0.916. The molecule has 0 aromatic heterocycles. The van der Waals surface area contributed by atoms with Gasteiger partial charge in [0.2, 0.25) is 11.8 Å². The van der Waals surface area contributed by atoms with Crippen LogP contribution in [0, 0.1) is 0 Å². The lowest BCUT2D eigenvalue weighted by atomic mass is 9.90. The molecule has 0 spiro atoms. The van der Waals surface area contributed by atoms with Gasteiger partial charge in [0.1, 0.15) is 0 Å². The summed E-state index contributed by atoms with van der Waals surface area (Å²) in [6, 6.07) is 26.0. The van der Waals surface area contributed by atoms with Crippen LogP contribution >= 0.6 is 0 Å². The molecule has 3 rings (SSSR count). The van der Waals surface area contributed by atoms with Crippen molar-refractivity contribution in [2.24, 2.45) is 16.5 Å². The van der Waals surface area contributed by atoms with Crippen LogP contribution in [0.5, 0.6) is 0 Å². The molecule has 0 aliphatic heterocycles. The lowest BCUT2D eigenvalue weighted by Gasteiger charge is -2.21. The van der Waals surface area contributed by atoms with Crippen LogP contribution in [0.1, 0.15) is 41.0 Å². The Balaban J connectivity index is 1.73. The molecule has 37 heavy (non-hydrogen) atoms. The van der Waals surface area contributed by atoms with Crippen molar-refractivity contribution in [2.45, 2.75) is 37.8 Å². The summed E-state index contributed by atoms with van der Waals surface area (Å²) < 4.78 is 0. The van der Waals surface area contributed by atoms with Gasteiger partial charge in [-0.2, -0.15) is 0 Å². The summed E-state index contributed by atoms with van der Waals surface area (Å²) in [7, 11) is 0. The first-order chi connectivity index (χ1) is 18.0. The van der Waals surface area contributed by atoms with E-state index in [0.29, 0.717) is 32.4 Å². The molecule has 0 heterocycles. The van der Waals surface area contributed by atoms with Crippen LogP contribution in [-0.2, 0) is 22.6 Å². The minimum absolute atomic E-state index is 0.000622. The molecule has 0 aliphatic rings. The third-order valence-corrected chi connectivity index (χ3v) is 6.01. The average molecular weight is 502 g/mol. The van der Waals surface area contributed by atoms with Crippen molar-refractivity contribution in [1.29, 1.82) is 0 Å². The first-order valence-electron chi connectivity index (χ1n) is 12.4. The van der Waals surface area contributed by atoms with E-state index in [9.17, 15) is 9.59 Å². The van der Waals surface area contributed by atoms with Crippen LogP contribution in [0.2, 0.25) is 0 Å². The van der Waals surface area contributed by atoms with Gasteiger partial charge in [-0.3, -0.25) is 19.9 Å². The third kappa shape index (κ3) is 8.86. The molecule has 2 amide bonds. The fourth-order valence-corrected chi connectivity index (χ4v) is 4.09. The first-order valence-corrected chi connectivity index (χ1v) is 12.4. The highest BCUT2D eigenvalue weighted by Gasteiger charge is 2.27. The van der Waals surface area contributed by atoms with Crippen molar-refractivity contribution < 1.29 is 14.7 Å². The Labute approximate surface area is 217 Å². The topological polar surface area (TPSA) is 143 Å². The number of carbonyl (C=O) groups is 2. The Morgan fingerprint density at radius 2 is 1.38 bits per heavy atom. The predicted molar refractivity (Wildman–Crippen MR) is 146 cm³/mol. The number of nitrogens with two attached hydrogens (primary N) is 2. The number of aliphatic hydroxyl groups is 1. The molecule has 7 N–H and O–H groups in total. The van der Waals surface area contributed by atoms with Gasteiger partial charge in [0.15, 0.2) is 5.96 Å². The van der Waals surface area contributed by atoms with Crippen molar-refractivity contribution in [1.82, 2.24) is 10.6 Å². The van der Waals surface area contributed by atoms with E-state index in [2.05, 4.69) is 15.6 Å². The van der Waals surface area contributed by atoms with Crippen molar-refractivity contribution in [3.63, 3.8) is 0 Å². The average Bonchev–Trinajstić information content (AvgIpc) is 2.90. The molecule has 0 saturated heterocycles. The van der Waals surface area contributed by atoms with Crippen molar-refractivity contribution >= 4 is 17.8 Å². The molecule has 0 bridgehead atoms. The van der Waals surface area contributed by atoms with Crippen molar-refractivity contribution in [3.05, 3.63) is 107 Å². The number of hydrogen-bond acceptors (Lipinski definition) is 5. The fraction of sp³-hybridized carbons (Fsp3) is 0.276. The Morgan fingerprint density at radius 3 is 1.92 bits per heavy atom. The highest BCUT2D eigenvalue weighted by molar-refractivity contribution is 6.01. The van der Waals surface area contributed by atoms with Crippen LogP contribution in [-0.4, -0.2) is 42.1 Å². The normalized spacial score (nSPS) is 11.6. The second-order valence-electron chi connectivity index (χ2n) is 8.78. The molecule has 194 valence electrons. The maximum Gasteiger partial charge on any atom is 0.243 e. The number of aliphatic imine (C=N–C) groups is 1. The van der Waals surface area contributed by atoms with E-state index < -0.39 is 17.9 Å². The maximum absolute atomic E-state index is 13.4. The van der Waals surface area contributed by atoms with Gasteiger partial charge < -0.3 is 21.9 Å². The second kappa shape index (κ2) is 14.5. The molecule has 0 aliphatic carbocycles. The number of nitrogens with zero attached hydrogens (tertiary/aromatic N) is 1. The Hall–Kier alpha value is -4.01. The number of amides is 2. The number of nitrogens with one attached hydrogen (secondary N) is 2. The lowest BCUT2D eigenvalue weighted by molar-refractivity contribution is -0.132. The number of aliphatic hydroxyl groups excluding tert-OH is 1. The van der Waals surface area contributed by atoms with Crippen LogP contribution in [0.25, 0.3) is 0 Å². The van der Waals surface area contributed by atoms with Gasteiger partial charge >= 0.3 is 0 Å². The van der Waals surface area contributed by atoms with Crippen molar-refractivity contribution in [2.75, 3.05) is 13.2 Å². The summed E-state index contributed by atoms with van der Waals surface area (Å²) in [4.78, 5) is 30.7. The molecule has 1 atom stereocenters. The Morgan fingerprint density at radius 1 is 0.811 bits per heavy atom. The highest BCUT2D eigenvalue weighted by Crippen LogP contribution is 2.24. The molecule has 8 nitrogen and oxygen atoms in total. The minimum atomic E-state index is -0.623. The SMILES string of the molecule is NC(N)=NCCC[C@H](NCc1ccc(CCO)cc1)C(=O)NC(=O)C(c1ccccc1)c1ccccc1. The van der Waals surface area contributed by atoms with Gasteiger partial charge in [0, 0.05) is 19.7 Å². The molecule has 3 aromatic carbocycles. The molecule has 0 radical (unpaired) electrons. The molecular weight excluding hydrogens is 466 g/mol. The summed E-state index contributed by atoms with van der Waals surface area (Å²) in [6.07, 6.45) is 1.60. The van der Waals surface area contributed by atoms with Gasteiger partial charge in [-0.25, -0.2) is 0 Å². The second-order valence-corrected chi connectivity index (χ2v) is 8.78. The standard InChI is InChI=1S/C29H35N5O3/c30-29(31)32-18-7-12-25(33-20-22-15-13-21(14-16-22)17-19-35)27(36)34-28(37)26(23-8-3-1-4-9-23)24-10-5-2-6-11-24/h1-6,8-11,13-16,25-26,33,35H,7,12,17-20H2,(H4,30,31,32)(H,34,36,37)/t25-/m0/s1. The zero-order valence-corrected chi connectivity index (χ0v) is 20.8. The van der Waals surface area contributed by atoms with E-state index in [1.165, 1.54) is 0 Å². The van der Waals surface area contributed by atoms with E-state index in [-0.39, 0.29) is 18.5 Å². The monoisotopic (exact) mass is 501 g/mol. The summed E-state index contributed by atoms with van der Waals surface area (Å²) in [5.74, 6) is -1.40. The van der Waals surface area contributed by atoms with E-state index in [1.54, 1.807) is 0 Å². The third-order valence-electron chi connectivity index (χ3n) is 6.01. The number of guanidine groups is 1. The Bertz CT molecular complexity index is 1110. The highest BCUT2D eigenvalue weighted by atomic mass is 16.3. The molecule has 0 fully saturated rings. The van der Waals surface area contributed by atoms with Crippen LogP contribution < -0.4 is 22.1 Å². The fourth-order valence-electron chi connectivity index (χ4n) is 4.09. The number of carbonyl (C=O) groups excluding carboxylic acids is 2. The van der Waals surface area contributed by atoms with Crippen molar-refractivity contribution in [3.8, 4) is 0 Å². The maximum atomic E-state index is 13.4. The quantitative estimate of drug-likeness (QED) is 0.138. The van der Waals surface area contributed by atoms with Crippen LogP contribution in [0.15, 0.2) is 89.9 Å². The van der Waals surface area contributed by atoms with Gasteiger partial charge in [0.25, 0.3) is 0 Å². The van der Waals surface area contributed by atoms with Gasteiger partial charge in [-0.05, 0) is 41.5 Å². The van der Waals surface area contributed by atoms with Crippen LogP contribution in [0.4, 0.5) is 0 Å². The number of rotatable bonds is 13. The van der Waals surface area contributed by atoms with Gasteiger partial charge in [0.05, 0.1) is 12.0 Å². The van der Waals surface area contributed by atoms with E-state index in [1.807, 2.05) is 84.9 Å². The zero-order chi connectivity index (χ0) is 26.5. The van der Waals surface area contributed by atoms with E-state index >= 15 is 0 Å². The largest absolute Gasteiger partial charge is 0.396 e. The molecular formula is C29H35N5O3. The lowest BCUT2D eigenvalue weighted by Crippen LogP contribution is -2.47. The van der Waals surface area contributed by atoms with Crippen LogP contribution in [0.3, 0.4) is 0 Å². The smallest absolute Gasteiger partial charge is 0.243 e. The number of imide groups is 1. The molecule has 0 unspecified atom stereocenters.